The molecule has 0 radical (unpaired) electrons. The molecule has 16 heavy (non-hydrogen) atoms. The first-order chi connectivity index (χ1) is 7.70. The Kier molecular flexibility index (Phi) is 2.28. The van der Waals surface area contributed by atoms with Crippen LogP contribution in [0.5, 0.6) is 0 Å². The van der Waals surface area contributed by atoms with Gasteiger partial charge in [0.2, 0.25) is 0 Å². The summed E-state index contributed by atoms with van der Waals surface area (Å²) < 4.78 is 0. The maximum Gasteiger partial charge on any atom is 0.256 e. The zero-order valence-corrected chi connectivity index (χ0v) is 9.26. The van der Waals surface area contributed by atoms with Crippen molar-refractivity contribution in [2.24, 2.45) is 23.7 Å². The molecule has 1 heterocycles. The molecule has 0 aromatic rings. The molecule has 3 fully saturated rings. The Hall–Kier alpha value is -0.900. The lowest BCUT2D eigenvalue weighted by atomic mass is 9.59. The first-order valence-corrected chi connectivity index (χ1v) is 6.27. The van der Waals surface area contributed by atoms with Crippen LogP contribution in [0.25, 0.3) is 0 Å². The molecule has 1 aliphatic heterocycles. The van der Waals surface area contributed by atoms with Gasteiger partial charge in [0, 0.05) is 11.8 Å². The third-order valence-corrected chi connectivity index (χ3v) is 4.71. The molecule has 0 aromatic carbocycles. The highest BCUT2D eigenvalue weighted by Crippen LogP contribution is 2.49. The van der Waals surface area contributed by atoms with E-state index >= 15 is 0 Å². The highest BCUT2D eigenvalue weighted by Gasteiger charge is 2.53. The lowest BCUT2D eigenvalue weighted by Gasteiger charge is -2.48. The number of hydroxylamine groups is 2. The van der Waals surface area contributed by atoms with Crippen molar-refractivity contribution in [1.29, 1.82) is 0 Å². The van der Waals surface area contributed by atoms with E-state index in [1.165, 1.54) is 0 Å². The number of carbonyl (C=O) groups excluding carboxylic acids is 2. The van der Waals surface area contributed by atoms with Crippen molar-refractivity contribution in [3.05, 3.63) is 0 Å². The van der Waals surface area contributed by atoms with Gasteiger partial charge in [-0.25, -0.2) is 0 Å². The van der Waals surface area contributed by atoms with E-state index in [2.05, 4.69) is 0 Å². The fourth-order valence-corrected chi connectivity index (χ4v) is 4.05. The quantitative estimate of drug-likeness (QED) is 0.501. The summed E-state index contributed by atoms with van der Waals surface area (Å²) in [6.45, 7) is 0. The van der Waals surface area contributed by atoms with Crippen LogP contribution in [0.3, 0.4) is 0 Å². The Balaban J connectivity index is 1.97. The van der Waals surface area contributed by atoms with E-state index in [1.807, 2.05) is 0 Å². The standard InChI is InChI=1S/C12H17NO3/c14-11-8-5-1-3-7-4-2-6-9(10(7)8)12(15)13(11)16/h7-10,16H,1-6H2/t7?,8-,9-,10?/m0/s1. The van der Waals surface area contributed by atoms with Crippen molar-refractivity contribution in [2.45, 2.75) is 38.5 Å². The van der Waals surface area contributed by atoms with E-state index in [1.54, 1.807) is 0 Å². The summed E-state index contributed by atoms with van der Waals surface area (Å²) >= 11 is 0. The molecule has 0 bridgehead atoms. The Morgan fingerprint density at radius 3 is 1.94 bits per heavy atom. The van der Waals surface area contributed by atoms with Crippen molar-refractivity contribution in [3.63, 3.8) is 0 Å². The van der Waals surface area contributed by atoms with Crippen LogP contribution in [-0.4, -0.2) is 22.1 Å². The summed E-state index contributed by atoms with van der Waals surface area (Å²) in [5.41, 5.74) is 0. The molecule has 1 saturated heterocycles. The fraction of sp³-hybridized carbons (Fsp3) is 0.833. The number of hydrogen-bond donors (Lipinski definition) is 1. The van der Waals surface area contributed by atoms with Crippen LogP contribution in [0.15, 0.2) is 0 Å². The summed E-state index contributed by atoms with van der Waals surface area (Å²) in [6, 6.07) is 0. The second kappa shape index (κ2) is 3.55. The van der Waals surface area contributed by atoms with Crippen molar-refractivity contribution < 1.29 is 14.8 Å². The van der Waals surface area contributed by atoms with Gasteiger partial charge in [0.25, 0.3) is 11.8 Å². The first-order valence-electron chi connectivity index (χ1n) is 6.27. The molecule has 3 aliphatic rings. The molecule has 4 nitrogen and oxygen atoms in total. The molecule has 3 rings (SSSR count). The molecule has 0 spiro atoms. The van der Waals surface area contributed by atoms with Crippen molar-refractivity contribution in [1.82, 2.24) is 5.06 Å². The van der Waals surface area contributed by atoms with Gasteiger partial charge in [0.15, 0.2) is 0 Å². The molecule has 2 amide bonds. The Morgan fingerprint density at radius 2 is 1.44 bits per heavy atom. The average Bonchev–Trinajstić information content (AvgIpc) is 2.33. The van der Waals surface area contributed by atoms with Crippen LogP contribution < -0.4 is 0 Å². The number of rotatable bonds is 0. The smallest absolute Gasteiger partial charge is 0.256 e. The zero-order valence-electron chi connectivity index (χ0n) is 9.26. The average molecular weight is 223 g/mol. The molecule has 2 aliphatic carbocycles. The summed E-state index contributed by atoms with van der Waals surface area (Å²) in [5.74, 6) is -0.112. The van der Waals surface area contributed by atoms with E-state index in [0.29, 0.717) is 11.0 Å². The summed E-state index contributed by atoms with van der Waals surface area (Å²) in [7, 11) is 0. The summed E-state index contributed by atoms with van der Waals surface area (Å²) in [4.78, 5) is 23.7. The van der Waals surface area contributed by atoms with Crippen LogP contribution in [-0.2, 0) is 9.59 Å². The largest absolute Gasteiger partial charge is 0.278 e. The molecule has 88 valence electrons. The first kappa shape index (κ1) is 10.3. The zero-order chi connectivity index (χ0) is 11.3. The monoisotopic (exact) mass is 223 g/mol. The Labute approximate surface area is 94.6 Å². The highest BCUT2D eigenvalue weighted by atomic mass is 16.5. The number of piperidine rings is 1. The molecule has 4 heteroatoms. The molecular weight excluding hydrogens is 206 g/mol. The minimum absolute atomic E-state index is 0.0910. The Morgan fingerprint density at radius 1 is 0.938 bits per heavy atom. The van der Waals surface area contributed by atoms with Crippen LogP contribution >= 0.6 is 0 Å². The van der Waals surface area contributed by atoms with Gasteiger partial charge in [-0.3, -0.25) is 14.8 Å². The maximum atomic E-state index is 11.9. The molecule has 1 N–H and O–H groups in total. The number of imide groups is 1. The summed E-state index contributed by atoms with van der Waals surface area (Å²) in [5, 5.41) is 9.93. The minimum Gasteiger partial charge on any atom is -0.278 e. The molecule has 0 unspecified atom stereocenters. The summed E-state index contributed by atoms with van der Waals surface area (Å²) in [6.07, 6.45) is 6.13. The second-order valence-corrected chi connectivity index (χ2v) is 5.40. The van der Waals surface area contributed by atoms with Crippen molar-refractivity contribution in [2.75, 3.05) is 0 Å². The minimum atomic E-state index is -0.349. The van der Waals surface area contributed by atoms with E-state index in [0.717, 1.165) is 38.5 Å². The predicted octanol–water partition coefficient (Wildman–Crippen LogP) is 1.58. The van der Waals surface area contributed by atoms with Gasteiger partial charge in [-0.15, -0.1) is 0 Å². The third-order valence-electron chi connectivity index (χ3n) is 4.71. The van der Waals surface area contributed by atoms with Gasteiger partial charge < -0.3 is 0 Å². The molecule has 0 aromatic heterocycles. The van der Waals surface area contributed by atoms with E-state index in [4.69, 9.17) is 0 Å². The van der Waals surface area contributed by atoms with E-state index < -0.39 is 0 Å². The molecule has 2 saturated carbocycles. The van der Waals surface area contributed by atoms with Gasteiger partial charge in [-0.05, 0) is 24.7 Å². The number of carbonyl (C=O) groups is 2. The lowest BCUT2D eigenvalue weighted by molar-refractivity contribution is -0.202. The highest BCUT2D eigenvalue weighted by molar-refractivity contribution is 5.99. The van der Waals surface area contributed by atoms with E-state index in [9.17, 15) is 14.8 Å². The van der Waals surface area contributed by atoms with Crippen molar-refractivity contribution in [3.8, 4) is 0 Å². The fourth-order valence-electron chi connectivity index (χ4n) is 4.05. The number of hydrogen-bond acceptors (Lipinski definition) is 3. The van der Waals surface area contributed by atoms with Gasteiger partial charge in [-0.1, -0.05) is 25.7 Å². The Bertz CT molecular complexity index is 311. The lowest BCUT2D eigenvalue weighted by Crippen LogP contribution is -2.56. The number of amides is 2. The topological polar surface area (TPSA) is 57.6 Å². The second-order valence-electron chi connectivity index (χ2n) is 5.40. The predicted molar refractivity (Wildman–Crippen MR) is 55.3 cm³/mol. The van der Waals surface area contributed by atoms with Crippen LogP contribution in [0.1, 0.15) is 38.5 Å². The van der Waals surface area contributed by atoms with Gasteiger partial charge in [0.1, 0.15) is 0 Å². The molecular formula is C12H17NO3. The van der Waals surface area contributed by atoms with E-state index in [-0.39, 0.29) is 29.6 Å². The van der Waals surface area contributed by atoms with Crippen LogP contribution in [0.2, 0.25) is 0 Å². The van der Waals surface area contributed by atoms with Gasteiger partial charge in [0.05, 0.1) is 0 Å². The van der Waals surface area contributed by atoms with Crippen LogP contribution in [0.4, 0.5) is 0 Å². The molecule has 2 atom stereocenters. The van der Waals surface area contributed by atoms with Gasteiger partial charge in [-0.2, -0.15) is 5.06 Å². The third kappa shape index (κ3) is 1.25. The maximum absolute atomic E-state index is 11.9. The van der Waals surface area contributed by atoms with Crippen molar-refractivity contribution >= 4 is 11.8 Å². The van der Waals surface area contributed by atoms with Gasteiger partial charge >= 0.3 is 0 Å². The normalized spacial score (nSPS) is 43.2. The SMILES string of the molecule is O=C1[C@H]2CCCC3CCC[C@H](C(=O)N1O)C32. The number of nitrogens with zero attached hydrogens (tertiary/aromatic N) is 1. The van der Waals surface area contributed by atoms with Crippen LogP contribution in [0, 0.1) is 23.7 Å².